The van der Waals surface area contributed by atoms with Crippen LogP contribution in [0.5, 0.6) is 11.5 Å². The van der Waals surface area contributed by atoms with Gasteiger partial charge < -0.3 is 10.2 Å². The number of carbonyl (C=O) groups excluding carboxylic acids is 2. The smallest absolute Gasteiger partial charge is 0.290 e. The van der Waals surface area contributed by atoms with Crippen LogP contribution in [0, 0.1) is 0 Å². The van der Waals surface area contributed by atoms with E-state index in [4.69, 9.17) is 0 Å². The molecule has 0 spiro atoms. The number of phenols is 2. The highest BCUT2D eigenvalue weighted by Gasteiger charge is 2.24. The third-order valence-electron chi connectivity index (χ3n) is 1.86. The predicted octanol–water partition coefficient (Wildman–Crippen LogP) is 1.42. The van der Waals surface area contributed by atoms with Crippen molar-refractivity contribution in [3.63, 3.8) is 0 Å². The molecule has 0 atom stereocenters. The summed E-state index contributed by atoms with van der Waals surface area (Å²) in [6.45, 7) is 0. The molecule has 6 heteroatoms. The lowest BCUT2D eigenvalue weighted by Crippen LogP contribution is -2.17. The highest BCUT2D eigenvalue weighted by atomic mass is 32.2. The zero-order valence-corrected chi connectivity index (χ0v) is 8.75. The lowest BCUT2D eigenvalue weighted by atomic mass is 10.2. The van der Waals surface area contributed by atoms with Crippen molar-refractivity contribution in [3.8, 4) is 11.5 Å². The molecule has 2 rings (SSSR count). The Hall–Kier alpha value is -1.95. The second kappa shape index (κ2) is 3.90. The summed E-state index contributed by atoms with van der Waals surface area (Å²) in [6.07, 6.45) is 1.42. The van der Waals surface area contributed by atoms with E-state index in [2.05, 4.69) is 5.32 Å². The van der Waals surface area contributed by atoms with Crippen LogP contribution >= 0.6 is 11.8 Å². The lowest BCUT2D eigenvalue weighted by Gasteiger charge is -1.98. The summed E-state index contributed by atoms with van der Waals surface area (Å²) in [7, 11) is 0. The summed E-state index contributed by atoms with van der Waals surface area (Å²) in [5.74, 6) is -0.694. The number of imide groups is 1. The van der Waals surface area contributed by atoms with Gasteiger partial charge in [0.2, 0.25) is 0 Å². The first-order valence-corrected chi connectivity index (χ1v) is 5.14. The van der Waals surface area contributed by atoms with Crippen molar-refractivity contribution < 1.29 is 19.8 Å². The second-order valence-corrected chi connectivity index (χ2v) is 4.15. The summed E-state index contributed by atoms with van der Waals surface area (Å²) in [4.78, 5) is 22.3. The van der Waals surface area contributed by atoms with E-state index < -0.39 is 11.1 Å². The molecule has 1 saturated heterocycles. The Labute approximate surface area is 94.8 Å². The summed E-state index contributed by atoms with van der Waals surface area (Å²) in [5, 5.41) is 20.1. The Morgan fingerprint density at radius 2 is 1.75 bits per heavy atom. The molecular formula is C10H7NO4S. The molecule has 0 radical (unpaired) electrons. The maximum atomic E-state index is 11.2. The largest absolute Gasteiger partial charge is 0.508 e. The van der Waals surface area contributed by atoms with Gasteiger partial charge in [0.1, 0.15) is 11.5 Å². The van der Waals surface area contributed by atoms with Gasteiger partial charge in [-0.3, -0.25) is 14.9 Å². The quantitative estimate of drug-likeness (QED) is 0.643. The number of rotatable bonds is 1. The Bertz CT molecular complexity index is 489. The van der Waals surface area contributed by atoms with E-state index in [-0.39, 0.29) is 16.4 Å². The van der Waals surface area contributed by atoms with Crippen molar-refractivity contribution in [1.29, 1.82) is 0 Å². The van der Waals surface area contributed by atoms with Crippen LogP contribution in [-0.2, 0) is 4.79 Å². The van der Waals surface area contributed by atoms with Gasteiger partial charge in [0.15, 0.2) is 0 Å². The molecule has 16 heavy (non-hydrogen) atoms. The van der Waals surface area contributed by atoms with Crippen LogP contribution < -0.4 is 5.32 Å². The topological polar surface area (TPSA) is 86.6 Å². The van der Waals surface area contributed by atoms with Crippen LogP contribution in [0.15, 0.2) is 23.1 Å². The maximum absolute atomic E-state index is 11.2. The summed E-state index contributed by atoms with van der Waals surface area (Å²) < 4.78 is 0. The molecule has 3 N–H and O–H groups in total. The SMILES string of the molecule is O=C1NC(=O)/C(=C\c2cc(O)cc(O)c2)S1. The van der Waals surface area contributed by atoms with Gasteiger partial charge in [-0.25, -0.2) is 0 Å². The normalized spacial score (nSPS) is 17.9. The summed E-state index contributed by atoms with van der Waals surface area (Å²) in [6, 6.07) is 3.93. The van der Waals surface area contributed by atoms with Crippen molar-refractivity contribution in [2.24, 2.45) is 0 Å². The van der Waals surface area contributed by atoms with E-state index in [1.165, 1.54) is 24.3 Å². The molecule has 0 aliphatic carbocycles. The van der Waals surface area contributed by atoms with E-state index in [0.717, 1.165) is 11.8 Å². The van der Waals surface area contributed by atoms with Crippen molar-refractivity contribution in [3.05, 3.63) is 28.7 Å². The van der Waals surface area contributed by atoms with Crippen molar-refractivity contribution in [1.82, 2.24) is 5.32 Å². The van der Waals surface area contributed by atoms with Crippen LogP contribution in [0.4, 0.5) is 4.79 Å². The number of benzene rings is 1. The summed E-state index contributed by atoms with van der Waals surface area (Å²) >= 11 is 0.778. The molecule has 1 aliphatic rings. The van der Waals surface area contributed by atoms with Gasteiger partial charge in [-0.05, 0) is 35.5 Å². The lowest BCUT2D eigenvalue weighted by molar-refractivity contribution is -0.115. The van der Waals surface area contributed by atoms with Crippen molar-refractivity contribution in [2.75, 3.05) is 0 Å². The van der Waals surface area contributed by atoms with Gasteiger partial charge in [0.25, 0.3) is 11.1 Å². The number of hydrogen-bond acceptors (Lipinski definition) is 5. The minimum Gasteiger partial charge on any atom is -0.508 e. The number of amides is 2. The molecule has 5 nitrogen and oxygen atoms in total. The monoisotopic (exact) mass is 237 g/mol. The number of aromatic hydroxyl groups is 2. The van der Waals surface area contributed by atoms with Crippen molar-refractivity contribution in [2.45, 2.75) is 0 Å². The molecule has 1 aromatic rings. The van der Waals surface area contributed by atoms with E-state index in [1.54, 1.807) is 0 Å². The zero-order chi connectivity index (χ0) is 11.7. The van der Waals surface area contributed by atoms with Gasteiger partial charge in [-0.2, -0.15) is 0 Å². The molecule has 1 aromatic carbocycles. The molecule has 0 unspecified atom stereocenters. The fourth-order valence-electron chi connectivity index (χ4n) is 1.27. The van der Waals surface area contributed by atoms with E-state index in [9.17, 15) is 19.8 Å². The van der Waals surface area contributed by atoms with E-state index in [1.807, 2.05) is 0 Å². The standard InChI is InChI=1S/C10H7NO4S/c12-6-1-5(2-7(13)4-6)3-8-9(14)11-10(15)16-8/h1-4,12-13H,(H,11,14,15)/b8-3+. The van der Waals surface area contributed by atoms with Crippen molar-refractivity contribution >= 4 is 29.0 Å². The van der Waals surface area contributed by atoms with Gasteiger partial charge >= 0.3 is 0 Å². The van der Waals surface area contributed by atoms with Crippen LogP contribution in [-0.4, -0.2) is 21.4 Å². The fraction of sp³-hybridized carbons (Fsp3) is 0. The Morgan fingerprint density at radius 3 is 2.25 bits per heavy atom. The Kier molecular flexibility index (Phi) is 2.57. The van der Waals surface area contributed by atoms with E-state index in [0.29, 0.717) is 5.56 Å². The zero-order valence-electron chi connectivity index (χ0n) is 7.93. The van der Waals surface area contributed by atoms with Crippen LogP contribution in [0.3, 0.4) is 0 Å². The van der Waals surface area contributed by atoms with Gasteiger partial charge in [-0.15, -0.1) is 0 Å². The first-order chi connectivity index (χ1) is 7.54. The average Bonchev–Trinajstić information content (AvgIpc) is 2.43. The van der Waals surface area contributed by atoms with Crippen LogP contribution in [0.1, 0.15) is 5.56 Å². The molecule has 0 bridgehead atoms. The molecule has 1 aliphatic heterocycles. The molecule has 2 amide bonds. The first kappa shape index (κ1) is 10.6. The van der Waals surface area contributed by atoms with Gasteiger partial charge in [0.05, 0.1) is 4.91 Å². The summed E-state index contributed by atoms with van der Waals surface area (Å²) in [5.41, 5.74) is 0.449. The minimum absolute atomic E-state index is 0.110. The third kappa shape index (κ3) is 2.17. The minimum atomic E-state index is -0.474. The van der Waals surface area contributed by atoms with Crippen LogP contribution in [0.2, 0.25) is 0 Å². The number of phenolic OH excluding ortho intramolecular Hbond substituents is 2. The predicted molar refractivity (Wildman–Crippen MR) is 58.9 cm³/mol. The molecule has 1 fully saturated rings. The number of hydrogen-bond donors (Lipinski definition) is 3. The van der Waals surface area contributed by atoms with E-state index >= 15 is 0 Å². The fourth-order valence-corrected chi connectivity index (χ4v) is 1.96. The molecule has 82 valence electrons. The second-order valence-electron chi connectivity index (χ2n) is 3.13. The Morgan fingerprint density at radius 1 is 1.12 bits per heavy atom. The highest BCUT2D eigenvalue weighted by molar-refractivity contribution is 8.18. The molecule has 0 saturated carbocycles. The van der Waals surface area contributed by atoms with Crippen LogP contribution in [0.25, 0.3) is 6.08 Å². The van der Waals surface area contributed by atoms with Gasteiger partial charge in [0, 0.05) is 6.07 Å². The highest BCUT2D eigenvalue weighted by Crippen LogP contribution is 2.28. The third-order valence-corrected chi connectivity index (χ3v) is 2.68. The maximum Gasteiger partial charge on any atom is 0.290 e. The first-order valence-electron chi connectivity index (χ1n) is 4.32. The Balaban J connectivity index is 2.36. The molecule has 0 aromatic heterocycles. The average molecular weight is 237 g/mol. The number of thioether (sulfide) groups is 1. The molecule has 1 heterocycles. The number of carbonyl (C=O) groups is 2. The van der Waals surface area contributed by atoms with Gasteiger partial charge in [-0.1, -0.05) is 0 Å². The molecular weight excluding hydrogens is 230 g/mol. The number of nitrogens with one attached hydrogen (secondary N) is 1.